The van der Waals surface area contributed by atoms with Crippen molar-refractivity contribution in [1.29, 1.82) is 0 Å². The summed E-state index contributed by atoms with van der Waals surface area (Å²) in [6.07, 6.45) is 0. The van der Waals surface area contributed by atoms with Crippen molar-refractivity contribution in [2.24, 2.45) is 0 Å². The van der Waals surface area contributed by atoms with Gasteiger partial charge in [-0.1, -0.05) is 44.2 Å². The number of nitrogens with zero attached hydrogens (tertiary/aromatic N) is 1. The molecule has 0 fully saturated rings. The van der Waals surface area contributed by atoms with Gasteiger partial charge in [-0.15, -0.1) is 0 Å². The van der Waals surface area contributed by atoms with Crippen LogP contribution in [-0.4, -0.2) is 32.8 Å². The highest BCUT2D eigenvalue weighted by molar-refractivity contribution is 7.89. The van der Waals surface area contributed by atoms with Crippen LogP contribution in [0.1, 0.15) is 41.3 Å². The molecular formula is C19H23NO4S. The molecule has 2 aromatic rings. The lowest BCUT2D eigenvalue weighted by molar-refractivity contribution is 0.0600. The fourth-order valence-electron chi connectivity index (χ4n) is 2.43. The Balaban J connectivity index is 2.22. The number of esters is 1. The summed E-state index contributed by atoms with van der Waals surface area (Å²) in [6, 6.07) is 13.8. The third kappa shape index (κ3) is 4.46. The van der Waals surface area contributed by atoms with Crippen LogP contribution >= 0.6 is 0 Å². The summed E-state index contributed by atoms with van der Waals surface area (Å²) >= 11 is 0. The molecule has 0 saturated carbocycles. The van der Waals surface area contributed by atoms with Crippen LogP contribution in [0.2, 0.25) is 0 Å². The predicted molar refractivity (Wildman–Crippen MR) is 97.0 cm³/mol. The predicted octanol–water partition coefficient (Wildman–Crippen LogP) is 3.42. The third-order valence-corrected chi connectivity index (χ3v) is 5.81. The molecule has 25 heavy (non-hydrogen) atoms. The highest BCUT2D eigenvalue weighted by Crippen LogP contribution is 2.20. The molecule has 0 bridgehead atoms. The quantitative estimate of drug-likeness (QED) is 0.740. The maximum Gasteiger partial charge on any atom is 0.337 e. The van der Waals surface area contributed by atoms with Gasteiger partial charge < -0.3 is 4.74 Å². The number of carbonyl (C=O) groups is 1. The average Bonchev–Trinajstić information content (AvgIpc) is 2.61. The van der Waals surface area contributed by atoms with Crippen LogP contribution < -0.4 is 0 Å². The number of methoxy groups -OCH3 is 1. The van der Waals surface area contributed by atoms with Crippen molar-refractivity contribution >= 4 is 16.0 Å². The normalized spacial score (nSPS) is 11.8. The number of sulfonamides is 1. The van der Waals surface area contributed by atoms with E-state index in [1.807, 2.05) is 24.3 Å². The second-order valence-corrected chi connectivity index (χ2v) is 8.22. The van der Waals surface area contributed by atoms with Crippen molar-refractivity contribution in [3.05, 3.63) is 65.2 Å². The first-order chi connectivity index (χ1) is 11.8. The first-order valence-corrected chi connectivity index (χ1v) is 9.43. The Morgan fingerprint density at radius 3 is 2.32 bits per heavy atom. The molecule has 0 amide bonds. The minimum atomic E-state index is -3.70. The van der Waals surface area contributed by atoms with E-state index in [4.69, 9.17) is 0 Å². The van der Waals surface area contributed by atoms with Gasteiger partial charge in [-0.25, -0.2) is 13.2 Å². The van der Waals surface area contributed by atoms with Crippen molar-refractivity contribution in [3.8, 4) is 0 Å². The van der Waals surface area contributed by atoms with Crippen molar-refractivity contribution in [2.75, 3.05) is 14.2 Å². The molecule has 0 saturated heterocycles. The highest BCUT2D eigenvalue weighted by Gasteiger charge is 2.22. The lowest BCUT2D eigenvalue weighted by atomic mass is 10.0. The first-order valence-electron chi connectivity index (χ1n) is 7.99. The van der Waals surface area contributed by atoms with E-state index >= 15 is 0 Å². The molecule has 6 heteroatoms. The van der Waals surface area contributed by atoms with E-state index in [2.05, 4.69) is 18.6 Å². The lowest BCUT2D eigenvalue weighted by Gasteiger charge is -2.18. The standard InChI is InChI=1S/C19H23NO4S/c1-14(2)16-10-8-15(9-11-16)13-20(3)25(22,23)18-7-5-6-17(12-18)19(21)24-4/h5-12,14H,13H2,1-4H3. The van der Waals surface area contributed by atoms with Gasteiger partial charge in [-0.05, 0) is 35.2 Å². The molecule has 0 aliphatic rings. The molecule has 5 nitrogen and oxygen atoms in total. The number of carbonyl (C=O) groups excluding carboxylic acids is 1. The van der Waals surface area contributed by atoms with Crippen molar-refractivity contribution < 1.29 is 17.9 Å². The van der Waals surface area contributed by atoms with Crippen LogP contribution in [0, 0.1) is 0 Å². The van der Waals surface area contributed by atoms with E-state index in [1.54, 1.807) is 0 Å². The minimum Gasteiger partial charge on any atom is -0.465 e. The first kappa shape index (κ1) is 19.1. The molecule has 0 radical (unpaired) electrons. The molecule has 0 unspecified atom stereocenters. The number of ether oxygens (including phenoxy) is 1. The minimum absolute atomic E-state index is 0.0664. The third-order valence-electron chi connectivity index (χ3n) is 4.01. The van der Waals surface area contributed by atoms with Crippen LogP contribution in [0.4, 0.5) is 0 Å². The van der Waals surface area contributed by atoms with Gasteiger partial charge in [0.25, 0.3) is 0 Å². The van der Waals surface area contributed by atoms with Gasteiger partial charge in [-0.2, -0.15) is 4.31 Å². The maximum absolute atomic E-state index is 12.7. The van der Waals surface area contributed by atoms with Crippen molar-refractivity contribution in [3.63, 3.8) is 0 Å². The van der Waals surface area contributed by atoms with Crippen LogP contribution in [0.15, 0.2) is 53.4 Å². The van der Waals surface area contributed by atoms with Crippen LogP contribution in [0.3, 0.4) is 0 Å². The van der Waals surface area contributed by atoms with Crippen LogP contribution in [-0.2, 0) is 21.3 Å². The molecule has 0 spiro atoms. The van der Waals surface area contributed by atoms with Gasteiger partial charge in [0, 0.05) is 13.6 Å². The summed E-state index contributed by atoms with van der Waals surface area (Å²) in [6.45, 7) is 4.48. The van der Waals surface area contributed by atoms with E-state index < -0.39 is 16.0 Å². The van der Waals surface area contributed by atoms with Gasteiger partial charge in [0.2, 0.25) is 10.0 Å². The summed E-state index contributed by atoms with van der Waals surface area (Å²) in [7, 11) is -0.918. The molecular weight excluding hydrogens is 338 g/mol. The Labute approximate surface area is 149 Å². The summed E-state index contributed by atoms with van der Waals surface area (Å²) in [5, 5.41) is 0. The molecule has 0 atom stereocenters. The summed E-state index contributed by atoms with van der Waals surface area (Å²) in [5.74, 6) is -0.138. The second kappa shape index (κ2) is 7.80. The van der Waals surface area contributed by atoms with Crippen LogP contribution in [0.5, 0.6) is 0 Å². The summed E-state index contributed by atoms with van der Waals surface area (Å²) < 4.78 is 31.4. The largest absolute Gasteiger partial charge is 0.465 e. The SMILES string of the molecule is COC(=O)c1cccc(S(=O)(=O)N(C)Cc2ccc(C(C)C)cc2)c1. The maximum atomic E-state index is 12.7. The van der Waals surface area contributed by atoms with E-state index in [-0.39, 0.29) is 17.0 Å². The van der Waals surface area contributed by atoms with Gasteiger partial charge in [0.05, 0.1) is 17.6 Å². The van der Waals surface area contributed by atoms with Gasteiger partial charge in [-0.3, -0.25) is 0 Å². The zero-order chi connectivity index (χ0) is 18.6. The molecule has 0 aliphatic carbocycles. The molecule has 0 N–H and O–H groups in total. The molecule has 0 heterocycles. The topological polar surface area (TPSA) is 63.7 Å². The van der Waals surface area contributed by atoms with Crippen LogP contribution in [0.25, 0.3) is 0 Å². The second-order valence-electron chi connectivity index (χ2n) is 6.18. The van der Waals surface area contributed by atoms with E-state index in [0.717, 1.165) is 5.56 Å². The van der Waals surface area contributed by atoms with E-state index in [9.17, 15) is 13.2 Å². The molecule has 2 rings (SSSR count). The molecule has 2 aromatic carbocycles. The average molecular weight is 361 g/mol. The van der Waals surface area contributed by atoms with Gasteiger partial charge >= 0.3 is 5.97 Å². The monoisotopic (exact) mass is 361 g/mol. The number of rotatable bonds is 6. The fourth-order valence-corrected chi connectivity index (χ4v) is 3.64. The molecule has 0 aromatic heterocycles. The number of hydrogen-bond donors (Lipinski definition) is 0. The molecule has 0 aliphatic heterocycles. The Bertz CT molecular complexity index is 842. The Kier molecular flexibility index (Phi) is 5.98. The summed E-state index contributed by atoms with van der Waals surface area (Å²) in [4.78, 5) is 11.7. The Morgan fingerprint density at radius 1 is 1.12 bits per heavy atom. The Hall–Kier alpha value is -2.18. The molecule has 134 valence electrons. The number of hydrogen-bond acceptors (Lipinski definition) is 4. The van der Waals surface area contributed by atoms with Gasteiger partial charge in [0.1, 0.15) is 0 Å². The zero-order valence-electron chi connectivity index (χ0n) is 14.9. The Morgan fingerprint density at radius 2 is 1.76 bits per heavy atom. The van der Waals surface area contributed by atoms with Crippen molar-refractivity contribution in [1.82, 2.24) is 4.31 Å². The van der Waals surface area contributed by atoms with E-state index in [1.165, 1.54) is 48.3 Å². The number of benzene rings is 2. The smallest absolute Gasteiger partial charge is 0.337 e. The van der Waals surface area contributed by atoms with E-state index in [0.29, 0.717) is 5.92 Å². The highest BCUT2D eigenvalue weighted by atomic mass is 32.2. The summed E-state index contributed by atoms with van der Waals surface area (Å²) in [5.41, 5.74) is 2.32. The van der Waals surface area contributed by atoms with Gasteiger partial charge in [0.15, 0.2) is 0 Å². The fraction of sp³-hybridized carbons (Fsp3) is 0.316. The lowest BCUT2D eigenvalue weighted by Crippen LogP contribution is -2.26. The van der Waals surface area contributed by atoms with Crippen molar-refractivity contribution in [2.45, 2.75) is 31.2 Å². The zero-order valence-corrected chi connectivity index (χ0v) is 15.7.